The van der Waals surface area contributed by atoms with E-state index in [2.05, 4.69) is 20.8 Å². The molecule has 5 heteroatoms. The molecule has 4 nitrogen and oxygen atoms in total. The van der Waals surface area contributed by atoms with Crippen LogP contribution < -0.4 is 0 Å². The lowest BCUT2D eigenvalue weighted by Gasteiger charge is -2.19. The fourth-order valence-corrected chi connectivity index (χ4v) is 2.93. The quantitative estimate of drug-likeness (QED) is 0.429. The molecule has 0 aromatic rings. The molecule has 0 fully saturated rings. The number of unbranched alkanes of at least 4 members (excludes halogenated alkanes) is 4. The van der Waals surface area contributed by atoms with Crippen LogP contribution in [0.3, 0.4) is 0 Å². The van der Waals surface area contributed by atoms with Crippen molar-refractivity contribution in [3.05, 3.63) is 0 Å². The van der Waals surface area contributed by atoms with Crippen molar-refractivity contribution in [1.29, 1.82) is 0 Å². The molecule has 0 aliphatic carbocycles. The Kier molecular flexibility index (Phi) is 10.6. The molecular weight excluding hydrogens is 264 g/mol. The summed E-state index contributed by atoms with van der Waals surface area (Å²) in [5.41, 5.74) is 0. The van der Waals surface area contributed by atoms with Crippen molar-refractivity contribution in [3.8, 4) is 0 Å². The van der Waals surface area contributed by atoms with Crippen molar-refractivity contribution in [2.45, 2.75) is 84.7 Å². The molecule has 0 radical (unpaired) electrons. The summed E-state index contributed by atoms with van der Waals surface area (Å²) in [6.07, 6.45) is 8.81. The van der Waals surface area contributed by atoms with E-state index in [1.165, 1.54) is 19.3 Å². The zero-order valence-corrected chi connectivity index (χ0v) is 13.4. The minimum Gasteiger partial charge on any atom is -0.264 e. The van der Waals surface area contributed by atoms with Crippen molar-refractivity contribution in [2.24, 2.45) is 5.92 Å². The monoisotopic (exact) mass is 294 g/mol. The standard InChI is InChI=1S/C14H30O4S/c1-4-6-7-8-9-11-14(18-19(15,16)17)12-13(3)10-5-2/h13-14H,4-12H2,1-3H3,(H,15,16,17). The van der Waals surface area contributed by atoms with Gasteiger partial charge in [-0.2, -0.15) is 8.42 Å². The van der Waals surface area contributed by atoms with E-state index in [9.17, 15) is 8.42 Å². The Morgan fingerprint density at radius 1 is 1.00 bits per heavy atom. The molecule has 0 amide bonds. The van der Waals surface area contributed by atoms with Gasteiger partial charge < -0.3 is 0 Å². The molecule has 19 heavy (non-hydrogen) atoms. The topological polar surface area (TPSA) is 63.6 Å². The van der Waals surface area contributed by atoms with E-state index in [-0.39, 0.29) is 6.10 Å². The van der Waals surface area contributed by atoms with Gasteiger partial charge in [-0.25, -0.2) is 4.18 Å². The van der Waals surface area contributed by atoms with Gasteiger partial charge in [0.25, 0.3) is 0 Å². The van der Waals surface area contributed by atoms with Gasteiger partial charge in [-0.05, 0) is 18.8 Å². The van der Waals surface area contributed by atoms with E-state index < -0.39 is 10.4 Å². The predicted octanol–water partition coefficient (Wildman–Crippen LogP) is 4.36. The highest BCUT2D eigenvalue weighted by Gasteiger charge is 2.19. The molecule has 0 aliphatic rings. The molecule has 2 atom stereocenters. The highest BCUT2D eigenvalue weighted by atomic mass is 32.3. The van der Waals surface area contributed by atoms with Crippen LogP contribution in [0.25, 0.3) is 0 Å². The van der Waals surface area contributed by atoms with Gasteiger partial charge in [0.15, 0.2) is 0 Å². The summed E-state index contributed by atoms with van der Waals surface area (Å²) < 4.78 is 35.3. The van der Waals surface area contributed by atoms with Gasteiger partial charge in [-0.3, -0.25) is 4.55 Å². The molecule has 0 rings (SSSR count). The molecule has 1 N–H and O–H groups in total. The molecule has 0 heterocycles. The maximum absolute atomic E-state index is 10.8. The zero-order valence-electron chi connectivity index (χ0n) is 12.6. The van der Waals surface area contributed by atoms with Gasteiger partial charge >= 0.3 is 10.4 Å². The summed E-state index contributed by atoms with van der Waals surface area (Å²) in [7, 11) is -4.33. The second kappa shape index (κ2) is 10.6. The summed E-state index contributed by atoms with van der Waals surface area (Å²) in [6.45, 7) is 6.37. The zero-order chi connectivity index (χ0) is 14.7. The second-order valence-corrected chi connectivity index (χ2v) is 6.53. The fourth-order valence-electron chi connectivity index (χ4n) is 2.41. The Balaban J connectivity index is 4.11. The van der Waals surface area contributed by atoms with Crippen LogP contribution in [0.15, 0.2) is 0 Å². The average molecular weight is 294 g/mol. The number of hydrogen-bond acceptors (Lipinski definition) is 3. The van der Waals surface area contributed by atoms with Gasteiger partial charge in [0, 0.05) is 0 Å². The summed E-state index contributed by atoms with van der Waals surface area (Å²) in [6, 6.07) is 0. The summed E-state index contributed by atoms with van der Waals surface area (Å²) >= 11 is 0. The van der Waals surface area contributed by atoms with Crippen LogP contribution in [0.4, 0.5) is 0 Å². The van der Waals surface area contributed by atoms with Crippen molar-refractivity contribution in [2.75, 3.05) is 0 Å². The Hall–Kier alpha value is -0.130. The fraction of sp³-hybridized carbons (Fsp3) is 1.00. The van der Waals surface area contributed by atoms with E-state index in [0.717, 1.165) is 25.7 Å². The summed E-state index contributed by atoms with van der Waals surface area (Å²) in [4.78, 5) is 0. The number of rotatable bonds is 12. The summed E-state index contributed by atoms with van der Waals surface area (Å²) in [5.74, 6) is 0.424. The third kappa shape index (κ3) is 12.6. The second-order valence-electron chi connectivity index (χ2n) is 5.48. The normalized spacial score (nSPS) is 15.4. The molecule has 0 spiro atoms. The van der Waals surface area contributed by atoms with Gasteiger partial charge in [0.05, 0.1) is 6.10 Å². The summed E-state index contributed by atoms with van der Waals surface area (Å²) in [5, 5.41) is 0. The SMILES string of the molecule is CCCCCCCC(CC(C)CCC)OS(=O)(=O)O. The molecular formula is C14H30O4S. The molecule has 0 saturated carbocycles. The van der Waals surface area contributed by atoms with Gasteiger partial charge in [-0.1, -0.05) is 65.7 Å². The van der Waals surface area contributed by atoms with Crippen LogP contribution in [0.2, 0.25) is 0 Å². The van der Waals surface area contributed by atoms with E-state index in [4.69, 9.17) is 8.74 Å². The van der Waals surface area contributed by atoms with Crippen LogP contribution in [0, 0.1) is 5.92 Å². The Morgan fingerprint density at radius 2 is 1.63 bits per heavy atom. The number of hydrogen-bond donors (Lipinski definition) is 1. The highest BCUT2D eigenvalue weighted by molar-refractivity contribution is 7.80. The predicted molar refractivity (Wildman–Crippen MR) is 78.5 cm³/mol. The van der Waals surface area contributed by atoms with Crippen LogP contribution in [-0.4, -0.2) is 19.1 Å². The Labute approximate surface area is 118 Å². The maximum atomic E-state index is 10.8. The van der Waals surface area contributed by atoms with Crippen LogP contribution in [0.1, 0.15) is 78.6 Å². The minimum absolute atomic E-state index is 0.377. The van der Waals surface area contributed by atoms with Crippen LogP contribution in [-0.2, 0) is 14.6 Å². The molecule has 116 valence electrons. The van der Waals surface area contributed by atoms with Crippen molar-refractivity contribution >= 4 is 10.4 Å². The van der Waals surface area contributed by atoms with E-state index in [1.807, 2.05) is 0 Å². The molecule has 0 aliphatic heterocycles. The van der Waals surface area contributed by atoms with E-state index in [0.29, 0.717) is 18.8 Å². The first-order valence-electron chi connectivity index (χ1n) is 7.54. The van der Waals surface area contributed by atoms with Crippen LogP contribution >= 0.6 is 0 Å². The lowest BCUT2D eigenvalue weighted by Crippen LogP contribution is -2.20. The highest BCUT2D eigenvalue weighted by Crippen LogP contribution is 2.20. The minimum atomic E-state index is -4.33. The molecule has 0 bridgehead atoms. The maximum Gasteiger partial charge on any atom is 0.397 e. The van der Waals surface area contributed by atoms with Crippen molar-refractivity contribution < 1.29 is 17.2 Å². The molecule has 0 saturated heterocycles. The molecule has 2 unspecified atom stereocenters. The van der Waals surface area contributed by atoms with Crippen molar-refractivity contribution in [1.82, 2.24) is 0 Å². The lowest BCUT2D eigenvalue weighted by atomic mass is 9.96. The Morgan fingerprint density at radius 3 is 2.16 bits per heavy atom. The lowest BCUT2D eigenvalue weighted by molar-refractivity contribution is 0.142. The third-order valence-electron chi connectivity index (χ3n) is 3.33. The van der Waals surface area contributed by atoms with Crippen molar-refractivity contribution in [3.63, 3.8) is 0 Å². The Bertz CT molecular complexity index is 301. The van der Waals surface area contributed by atoms with E-state index in [1.54, 1.807) is 0 Å². The van der Waals surface area contributed by atoms with Crippen LogP contribution in [0.5, 0.6) is 0 Å². The average Bonchev–Trinajstić information content (AvgIpc) is 2.26. The van der Waals surface area contributed by atoms with Gasteiger partial charge in [0.2, 0.25) is 0 Å². The molecule has 0 aromatic carbocycles. The molecule has 0 aromatic heterocycles. The smallest absolute Gasteiger partial charge is 0.264 e. The van der Waals surface area contributed by atoms with Gasteiger partial charge in [0.1, 0.15) is 0 Å². The largest absolute Gasteiger partial charge is 0.397 e. The third-order valence-corrected chi connectivity index (χ3v) is 3.85. The van der Waals surface area contributed by atoms with E-state index >= 15 is 0 Å². The first kappa shape index (κ1) is 18.9. The first-order chi connectivity index (χ1) is 8.89. The van der Waals surface area contributed by atoms with Gasteiger partial charge in [-0.15, -0.1) is 0 Å². The first-order valence-corrected chi connectivity index (χ1v) is 8.91.